The Labute approximate surface area is 117 Å². The standard InChI is InChI=1S/C9H8F3N3O4S2/c1-4-14-6-2-5(9(10,11)12)7(20(13,16)17)3-8(6)21(18,19)15-4/h2-3H,1H3,(H,14,15)(H2,13,16,17). The smallest absolute Gasteiger partial charge is 0.342 e. The number of benzene rings is 1. The second-order valence-corrected chi connectivity index (χ2v) is 7.27. The van der Waals surface area contributed by atoms with Gasteiger partial charge >= 0.3 is 6.18 Å². The number of hydrogen-bond donors (Lipinski definition) is 2. The topological polar surface area (TPSA) is 119 Å². The van der Waals surface area contributed by atoms with Crippen LogP contribution >= 0.6 is 0 Å². The number of primary sulfonamides is 1. The molecule has 116 valence electrons. The predicted molar refractivity (Wildman–Crippen MR) is 66.7 cm³/mol. The molecule has 7 nitrogen and oxygen atoms in total. The normalized spacial score (nSPS) is 17.7. The van der Waals surface area contributed by atoms with Gasteiger partial charge in [0.05, 0.1) is 16.1 Å². The molecule has 0 spiro atoms. The number of anilines is 1. The maximum Gasteiger partial charge on any atom is 0.417 e. The van der Waals surface area contributed by atoms with E-state index >= 15 is 0 Å². The molecule has 0 aromatic heterocycles. The average Bonchev–Trinajstić information content (AvgIpc) is 2.23. The summed E-state index contributed by atoms with van der Waals surface area (Å²) in [6.07, 6.45) is -5.02. The highest BCUT2D eigenvalue weighted by Crippen LogP contribution is 2.39. The molecule has 1 aromatic carbocycles. The van der Waals surface area contributed by atoms with Gasteiger partial charge < -0.3 is 5.32 Å². The Balaban J connectivity index is 2.90. The number of nitrogens with zero attached hydrogens (tertiary/aromatic N) is 1. The van der Waals surface area contributed by atoms with Crippen LogP contribution in [-0.4, -0.2) is 22.7 Å². The van der Waals surface area contributed by atoms with Gasteiger partial charge in [0.15, 0.2) is 0 Å². The lowest BCUT2D eigenvalue weighted by Crippen LogP contribution is -2.24. The summed E-state index contributed by atoms with van der Waals surface area (Å²) in [5.74, 6) is -0.140. The zero-order chi connectivity index (χ0) is 16.2. The highest BCUT2D eigenvalue weighted by Gasteiger charge is 2.39. The van der Waals surface area contributed by atoms with Crippen LogP contribution in [0.2, 0.25) is 0 Å². The van der Waals surface area contributed by atoms with Gasteiger partial charge in [-0.15, -0.1) is 4.40 Å². The number of fused-ring (bicyclic) bond motifs is 1. The number of amidine groups is 1. The zero-order valence-corrected chi connectivity index (χ0v) is 11.9. The number of rotatable bonds is 1. The fourth-order valence-corrected chi connectivity index (χ4v) is 3.77. The van der Waals surface area contributed by atoms with Crippen molar-refractivity contribution < 1.29 is 30.0 Å². The van der Waals surface area contributed by atoms with Crippen LogP contribution in [0.25, 0.3) is 0 Å². The summed E-state index contributed by atoms with van der Waals surface area (Å²) < 4.78 is 88.1. The van der Waals surface area contributed by atoms with Crippen molar-refractivity contribution >= 4 is 31.6 Å². The van der Waals surface area contributed by atoms with E-state index in [0.717, 1.165) is 0 Å². The van der Waals surface area contributed by atoms with Gasteiger partial charge in [0.1, 0.15) is 10.7 Å². The third kappa shape index (κ3) is 2.87. The fourth-order valence-electron chi connectivity index (χ4n) is 1.78. The Kier molecular flexibility index (Phi) is 3.31. The second-order valence-electron chi connectivity index (χ2n) is 4.16. The van der Waals surface area contributed by atoms with E-state index in [1.54, 1.807) is 0 Å². The van der Waals surface area contributed by atoms with Gasteiger partial charge in [-0.3, -0.25) is 0 Å². The molecular weight excluding hydrogens is 335 g/mol. The van der Waals surface area contributed by atoms with Crippen molar-refractivity contribution in [1.82, 2.24) is 0 Å². The van der Waals surface area contributed by atoms with Crippen molar-refractivity contribution in [3.05, 3.63) is 17.7 Å². The summed E-state index contributed by atoms with van der Waals surface area (Å²) in [6.45, 7) is 1.24. The maximum absolute atomic E-state index is 12.9. The maximum atomic E-state index is 12.9. The highest BCUT2D eigenvalue weighted by atomic mass is 32.2. The molecule has 0 fully saturated rings. The molecule has 1 heterocycles. The van der Waals surface area contributed by atoms with E-state index in [1.165, 1.54) is 6.92 Å². The Morgan fingerprint density at radius 1 is 1.29 bits per heavy atom. The lowest BCUT2D eigenvalue weighted by atomic mass is 10.2. The van der Waals surface area contributed by atoms with Gasteiger partial charge in [0.2, 0.25) is 10.0 Å². The molecule has 0 unspecified atom stereocenters. The minimum absolute atomic E-state index is 0.140. The van der Waals surface area contributed by atoms with Gasteiger partial charge in [-0.2, -0.15) is 21.6 Å². The van der Waals surface area contributed by atoms with Gasteiger partial charge in [-0.05, 0) is 19.1 Å². The Morgan fingerprint density at radius 2 is 1.86 bits per heavy atom. The lowest BCUT2D eigenvalue weighted by Gasteiger charge is -2.20. The summed E-state index contributed by atoms with van der Waals surface area (Å²) in [7, 11) is -9.07. The minimum atomic E-state index is -5.02. The molecule has 0 bridgehead atoms. The number of sulfonamides is 2. The van der Waals surface area contributed by atoms with E-state index in [1.807, 2.05) is 0 Å². The van der Waals surface area contributed by atoms with Crippen LogP contribution in [0.15, 0.2) is 26.3 Å². The van der Waals surface area contributed by atoms with E-state index in [-0.39, 0.29) is 5.84 Å². The molecule has 2 rings (SSSR count). The molecule has 0 radical (unpaired) electrons. The van der Waals surface area contributed by atoms with Crippen LogP contribution in [0.5, 0.6) is 0 Å². The zero-order valence-electron chi connectivity index (χ0n) is 10.3. The fraction of sp³-hybridized carbons (Fsp3) is 0.222. The quantitative estimate of drug-likeness (QED) is 0.785. The van der Waals surface area contributed by atoms with Gasteiger partial charge in [0.25, 0.3) is 10.0 Å². The molecule has 0 aliphatic carbocycles. The molecule has 0 amide bonds. The molecule has 12 heteroatoms. The second kappa shape index (κ2) is 4.42. The van der Waals surface area contributed by atoms with Crippen molar-refractivity contribution in [2.24, 2.45) is 9.54 Å². The van der Waals surface area contributed by atoms with Crippen LogP contribution < -0.4 is 10.5 Å². The first kappa shape index (κ1) is 15.7. The van der Waals surface area contributed by atoms with E-state index < -0.39 is 47.3 Å². The summed E-state index contributed by atoms with van der Waals surface area (Å²) in [5, 5.41) is 7.07. The molecule has 0 saturated heterocycles. The molecule has 21 heavy (non-hydrogen) atoms. The molecule has 3 N–H and O–H groups in total. The number of alkyl halides is 3. The summed E-state index contributed by atoms with van der Waals surface area (Å²) in [5.41, 5.74) is -1.97. The van der Waals surface area contributed by atoms with Gasteiger partial charge in [-0.25, -0.2) is 13.6 Å². The number of nitrogens with one attached hydrogen (secondary N) is 1. The third-order valence-corrected chi connectivity index (χ3v) is 4.90. The highest BCUT2D eigenvalue weighted by molar-refractivity contribution is 7.91. The van der Waals surface area contributed by atoms with E-state index in [4.69, 9.17) is 5.14 Å². The predicted octanol–water partition coefficient (Wildman–Crippen LogP) is 0.885. The molecule has 0 atom stereocenters. The SMILES string of the molecule is CC1=NS(=O)(=O)c2cc(S(N)(=O)=O)c(C(F)(F)F)cc2N1. The van der Waals surface area contributed by atoms with E-state index in [0.29, 0.717) is 12.1 Å². The van der Waals surface area contributed by atoms with Crippen molar-refractivity contribution in [2.75, 3.05) is 5.32 Å². The Hall–Kier alpha value is -1.66. The van der Waals surface area contributed by atoms with E-state index in [2.05, 4.69) is 9.71 Å². The van der Waals surface area contributed by atoms with Crippen LogP contribution in [0.4, 0.5) is 18.9 Å². The molecular formula is C9H8F3N3O4S2. The summed E-state index contributed by atoms with van der Waals surface area (Å²) >= 11 is 0. The molecule has 1 aliphatic heterocycles. The first-order valence-corrected chi connectivity index (χ1v) is 8.17. The number of halogens is 3. The van der Waals surface area contributed by atoms with Crippen LogP contribution in [0, 0.1) is 0 Å². The van der Waals surface area contributed by atoms with Crippen molar-refractivity contribution in [3.8, 4) is 0 Å². The lowest BCUT2D eigenvalue weighted by molar-refractivity contribution is -0.139. The van der Waals surface area contributed by atoms with Gasteiger partial charge in [0, 0.05) is 0 Å². The average molecular weight is 343 g/mol. The summed E-state index contributed by atoms with van der Waals surface area (Å²) in [4.78, 5) is -2.01. The molecule has 0 saturated carbocycles. The minimum Gasteiger partial charge on any atom is -0.342 e. The largest absolute Gasteiger partial charge is 0.417 e. The van der Waals surface area contributed by atoms with E-state index in [9.17, 15) is 30.0 Å². The van der Waals surface area contributed by atoms with Crippen molar-refractivity contribution in [2.45, 2.75) is 22.9 Å². The van der Waals surface area contributed by atoms with Crippen molar-refractivity contribution in [3.63, 3.8) is 0 Å². The van der Waals surface area contributed by atoms with Crippen LogP contribution in [-0.2, 0) is 26.2 Å². The first-order chi connectivity index (χ1) is 9.32. The first-order valence-electron chi connectivity index (χ1n) is 5.19. The molecule has 1 aromatic rings. The van der Waals surface area contributed by atoms with Crippen LogP contribution in [0.3, 0.4) is 0 Å². The molecule has 1 aliphatic rings. The third-order valence-electron chi connectivity index (χ3n) is 2.54. The Morgan fingerprint density at radius 3 is 2.33 bits per heavy atom. The number of nitrogens with two attached hydrogens (primary N) is 1. The number of hydrogen-bond acceptors (Lipinski definition) is 5. The van der Waals surface area contributed by atoms with Crippen molar-refractivity contribution in [1.29, 1.82) is 0 Å². The van der Waals surface area contributed by atoms with Crippen LogP contribution in [0.1, 0.15) is 12.5 Å². The summed E-state index contributed by atoms with van der Waals surface area (Å²) in [6, 6.07) is 0.733. The Bertz CT molecular complexity index is 857. The monoisotopic (exact) mass is 343 g/mol. The van der Waals surface area contributed by atoms with Gasteiger partial charge in [-0.1, -0.05) is 0 Å².